The molecule has 0 amide bonds. The maximum Gasteiger partial charge on any atom is 0.200 e. The van der Waals surface area contributed by atoms with E-state index in [-0.39, 0.29) is 11.5 Å². The summed E-state index contributed by atoms with van der Waals surface area (Å²) < 4.78 is 32.9. The molecule has 3 aromatic carbocycles. The van der Waals surface area contributed by atoms with Gasteiger partial charge in [-0.05, 0) is 47.5 Å². The van der Waals surface area contributed by atoms with Gasteiger partial charge in [0.25, 0.3) is 0 Å². The lowest BCUT2D eigenvalue weighted by Gasteiger charge is -2.15. The van der Waals surface area contributed by atoms with Gasteiger partial charge >= 0.3 is 0 Å². The van der Waals surface area contributed by atoms with Crippen LogP contribution in [0.4, 0.5) is 0 Å². The molecule has 0 saturated heterocycles. The summed E-state index contributed by atoms with van der Waals surface area (Å²) >= 11 is 0. The Labute approximate surface area is 204 Å². The Hall–Kier alpha value is -4.20. The minimum Gasteiger partial charge on any atom is -0.508 e. The van der Waals surface area contributed by atoms with Gasteiger partial charge in [0.05, 0.1) is 35.0 Å². The van der Waals surface area contributed by atoms with Crippen LogP contribution in [0.15, 0.2) is 60.9 Å². The van der Waals surface area contributed by atoms with Crippen LogP contribution >= 0.6 is 0 Å². The average molecular weight is 483 g/mol. The highest BCUT2D eigenvalue weighted by atomic mass is 16.5. The van der Waals surface area contributed by atoms with E-state index in [1.54, 1.807) is 56.7 Å². The number of aromatic hydroxyl groups is 2. The number of phenolic OH excluding ortho intramolecular Hbond substituents is 2. The van der Waals surface area contributed by atoms with Crippen molar-refractivity contribution in [3.05, 3.63) is 72.0 Å². The van der Waals surface area contributed by atoms with E-state index in [4.69, 9.17) is 28.4 Å². The number of ether oxygens (including phenoxy) is 6. The summed E-state index contributed by atoms with van der Waals surface area (Å²) in [6.45, 7) is 4.35. The average Bonchev–Trinajstić information content (AvgIpc) is 2.84. The third-order valence-electron chi connectivity index (χ3n) is 5.17. The predicted octanol–water partition coefficient (Wildman–Crippen LogP) is 4.89. The number of hydrogen-bond donors (Lipinski definition) is 2. The maximum atomic E-state index is 10.1. The number of hydrogen-bond acceptors (Lipinski definition) is 8. The van der Waals surface area contributed by atoms with E-state index in [1.165, 1.54) is 14.2 Å². The summed E-state index contributed by atoms with van der Waals surface area (Å²) in [5, 5.41) is 19.9. The summed E-state index contributed by atoms with van der Waals surface area (Å²) in [5.74, 6) is 3.33. The number of methoxy groups -OCH3 is 4. The van der Waals surface area contributed by atoms with Crippen molar-refractivity contribution in [2.24, 2.45) is 0 Å². The molecule has 0 spiro atoms. The van der Waals surface area contributed by atoms with E-state index < -0.39 is 0 Å². The van der Waals surface area contributed by atoms with Crippen LogP contribution in [0.5, 0.6) is 46.0 Å². The molecule has 0 saturated carbocycles. The van der Waals surface area contributed by atoms with Gasteiger partial charge in [-0.15, -0.1) is 0 Å². The van der Waals surface area contributed by atoms with Gasteiger partial charge in [-0.3, -0.25) is 0 Å². The zero-order valence-corrected chi connectivity index (χ0v) is 20.3. The lowest BCUT2D eigenvalue weighted by Crippen LogP contribution is -2.04. The smallest absolute Gasteiger partial charge is 0.200 e. The summed E-state index contributed by atoms with van der Waals surface area (Å²) in [6, 6.07) is 13.7. The molecular weight excluding hydrogens is 452 g/mol. The van der Waals surface area contributed by atoms with Crippen molar-refractivity contribution in [2.45, 2.75) is 12.8 Å². The molecule has 0 fully saturated rings. The van der Waals surface area contributed by atoms with Crippen molar-refractivity contribution in [3.63, 3.8) is 0 Å². The molecule has 3 rings (SSSR count). The standard InChI is InChI=1S/C27H30O8/c1-17(10-19-13-25(32-4)27(29)26(14-19)33-5)35-21-6-7-23(31-3)24(16-21)34-9-8-18-11-20(28)15-22(12-18)30-2/h6-7,11-16,28-29H,1,8-10H2,2-5H3. The predicted molar refractivity (Wildman–Crippen MR) is 132 cm³/mol. The molecule has 0 radical (unpaired) electrons. The Morgan fingerprint density at radius 3 is 2.03 bits per heavy atom. The maximum absolute atomic E-state index is 10.1. The SMILES string of the molecule is C=C(Cc1cc(OC)c(O)c(OC)c1)Oc1ccc(OC)c(OCCc2cc(O)cc(OC)c2)c1. The third-order valence-corrected chi connectivity index (χ3v) is 5.17. The largest absolute Gasteiger partial charge is 0.508 e. The normalized spacial score (nSPS) is 10.4. The second kappa shape index (κ2) is 11.8. The topological polar surface area (TPSA) is 95.8 Å². The van der Waals surface area contributed by atoms with Crippen molar-refractivity contribution in [2.75, 3.05) is 35.0 Å². The molecule has 8 heteroatoms. The summed E-state index contributed by atoms with van der Waals surface area (Å²) in [7, 11) is 6.06. The third kappa shape index (κ3) is 6.66. The van der Waals surface area contributed by atoms with Crippen LogP contribution in [0.3, 0.4) is 0 Å². The number of rotatable bonds is 12. The Bertz CT molecular complexity index is 1150. The first-order chi connectivity index (χ1) is 16.9. The Morgan fingerprint density at radius 2 is 1.40 bits per heavy atom. The molecule has 2 N–H and O–H groups in total. The quantitative estimate of drug-likeness (QED) is 0.353. The first-order valence-corrected chi connectivity index (χ1v) is 10.8. The molecular formula is C27H30O8. The van der Waals surface area contributed by atoms with Gasteiger partial charge in [-0.25, -0.2) is 0 Å². The second-order valence-electron chi connectivity index (χ2n) is 7.62. The first kappa shape index (κ1) is 25.4. The van der Waals surface area contributed by atoms with Gasteiger partial charge in [0, 0.05) is 25.0 Å². The number of phenols is 2. The minimum absolute atomic E-state index is 0.0635. The van der Waals surface area contributed by atoms with Crippen LogP contribution in [0, 0.1) is 0 Å². The van der Waals surface area contributed by atoms with E-state index in [1.807, 2.05) is 6.07 Å². The Morgan fingerprint density at radius 1 is 0.714 bits per heavy atom. The van der Waals surface area contributed by atoms with Crippen molar-refractivity contribution in [1.29, 1.82) is 0 Å². The Balaban J connectivity index is 1.67. The number of allylic oxidation sites excluding steroid dienone is 1. The molecule has 8 nitrogen and oxygen atoms in total. The van der Waals surface area contributed by atoms with Crippen LogP contribution in [-0.2, 0) is 12.8 Å². The van der Waals surface area contributed by atoms with Gasteiger partial charge in [0.15, 0.2) is 23.0 Å². The highest BCUT2D eigenvalue weighted by molar-refractivity contribution is 5.53. The first-order valence-electron chi connectivity index (χ1n) is 10.8. The minimum atomic E-state index is -0.0635. The van der Waals surface area contributed by atoms with Crippen molar-refractivity contribution < 1.29 is 38.6 Å². The van der Waals surface area contributed by atoms with Gasteiger partial charge in [-0.1, -0.05) is 6.58 Å². The van der Waals surface area contributed by atoms with Crippen LogP contribution in [0.1, 0.15) is 11.1 Å². The van der Waals surface area contributed by atoms with Gasteiger partial charge in [0.2, 0.25) is 5.75 Å². The van der Waals surface area contributed by atoms with Gasteiger partial charge < -0.3 is 38.6 Å². The molecule has 0 aliphatic carbocycles. The van der Waals surface area contributed by atoms with E-state index in [9.17, 15) is 10.2 Å². The van der Waals surface area contributed by atoms with Gasteiger partial charge in [-0.2, -0.15) is 0 Å². The molecule has 0 aromatic heterocycles. The van der Waals surface area contributed by atoms with E-state index in [0.717, 1.165) is 11.1 Å². The van der Waals surface area contributed by atoms with E-state index >= 15 is 0 Å². The van der Waals surface area contributed by atoms with Crippen LogP contribution in [-0.4, -0.2) is 45.3 Å². The molecule has 186 valence electrons. The highest BCUT2D eigenvalue weighted by Crippen LogP contribution is 2.38. The Kier molecular flexibility index (Phi) is 8.56. The molecule has 0 heterocycles. The van der Waals surface area contributed by atoms with Gasteiger partial charge in [0.1, 0.15) is 23.0 Å². The number of benzene rings is 3. The zero-order valence-electron chi connectivity index (χ0n) is 20.3. The molecule has 3 aromatic rings. The summed E-state index contributed by atoms with van der Waals surface area (Å²) in [6.07, 6.45) is 0.921. The fraction of sp³-hybridized carbons (Fsp3) is 0.259. The van der Waals surface area contributed by atoms with Crippen LogP contribution < -0.4 is 28.4 Å². The van der Waals surface area contributed by atoms with E-state index in [0.29, 0.717) is 59.7 Å². The summed E-state index contributed by atoms with van der Waals surface area (Å²) in [5.41, 5.74) is 1.68. The molecule has 0 atom stereocenters. The van der Waals surface area contributed by atoms with Crippen LogP contribution in [0.25, 0.3) is 0 Å². The molecule has 0 aliphatic rings. The van der Waals surface area contributed by atoms with Crippen molar-refractivity contribution in [3.8, 4) is 46.0 Å². The molecule has 35 heavy (non-hydrogen) atoms. The molecule has 0 unspecified atom stereocenters. The molecule has 0 aliphatic heterocycles. The summed E-state index contributed by atoms with van der Waals surface area (Å²) in [4.78, 5) is 0. The van der Waals surface area contributed by atoms with Crippen molar-refractivity contribution in [1.82, 2.24) is 0 Å². The zero-order chi connectivity index (χ0) is 25.4. The molecule has 0 bridgehead atoms. The lowest BCUT2D eigenvalue weighted by molar-refractivity contribution is 0.295. The monoisotopic (exact) mass is 482 g/mol. The lowest BCUT2D eigenvalue weighted by atomic mass is 10.1. The second-order valence-corrected chi connectivity index (χ2v) is 7.62. The van der Waals surface area contributed by atoms with E-state index in [2.05, 4.69) is 6.58 Å². The van der Waals surface area contributed by atoms with Crippen LogP contribution in [0.2, 0.25) is 0 Å². The fourth-order valence-electron chi connectivity index (χ4n) is 3.50. The van der Waals surface area contributed by atoms with Crippen molar-refractivity contribution >= 4 is 0 Å². The fourth-order valence-corrected chi connectivity index (χ4v) is 3.50. The highest BCUT2D eigenvalue weighted by Gasteiger charge is 2.13.